The Morgan fingerprint density at radius 3 is 2.55 bits per heavy atom. The number of aryl methyl sites for hydroxylation is 1. The van der Waals surface area contributed by atoms with Crippen molar-refractivity contribution in [2.75, 3.05) is 5.32 Å². The van der Waals surface area contributed by atoms with Crippen LogP contribution in [-0.4, -0.2) is 31.9 Å². The zero-order valence-corrected chi connectivity index (χ0v) is 19.4. The number of Topliss-reactive ketones (excluding diaryl/α,β-unsaturated/α-hetero) is 1. The van der Waals surface area contributed by atoms with Crippen molar-refractivity contribution in [3.05, 3.63) is 46.8 Å². The molecular weight excluding hydrogens is 445 g/mol. The number of hydrogen-bond donors (Lipinski definition) is 2. The predicted molar refractivity (Wildman–Crippen MR) is 123 cm³/mol. The molecule has 3 saturated carbocycles. The first kappa shape index (κ1) is 22.5. The fraction of sp³-hybridized carbons (Fsp3) is 0.560. The second kappa shape index (κ2) is 8.51. The van der Waals surface area contributed by atoms with Crippen LogP contribution in [0.25, 0.3) is 0 Å². The van der Waals surface area contributed by atoms with Crippen LogP contribution in [0, 0.1) is 23.6 Å². The summed E-state index contributed by atoms with van der Waals surface area (Å²) in [7, 11) is 1.79. The predicted octanol–water partition coefficient (Wildman–Crippen LogP) is 4.86. The van der Waals surface area contributed by atoms with E-state index in [1.54, 1.807) is 17.9 Å². The van der Waals surface area contributed by atoms with Gasteiger partial charge in [-0.3, -0.25) is 9.59 Å². The van der Waals surface area contributed by atoms with Crippen LogP contribution in [0.3, 0.4) is 0 Å². The monoisotopic (exact) mass is 473 g/mol. The van der Waals surface area contributed by atoms with E-state index < -0.39 is 11.4 Å². The maximum Gasteiger partial charge on any atom is 0.274 e. The molecule has 0 bridgehead atoms. The van der Waals surface area contributed by atoms with E-state index in [2.05, 4.69) is 10.3 Å². The normalized spacial score (nSPS) is 29.9. The molecule has 3 aliphatic carbocycles. The lowest BCUT2D eigenvalue weighted by Gasteiger charge is -2.36. The van der Waals surface area contributed by atoms with Gasteiger partial charge in [0.05, 0.1) is 22.6 Å². The number of aromatic nitrogens is 2. The average molecular weight is 474 g/mol. The molecule has 1 amide bonds. The number of benzene rings is 1. The first-order chi connectivity index (χ1) is 15.7. The van der Waals surface area contributed by atoms with Gasteiger partial charge in [-0.2, -0.15) is 0 Å². The van der Waals surface area contributed by atoms with Crippen molar-refractivity contribution in [3.63, 3.8) is 0 Å². The summed E-state index contributed by atoms with van der Waals surface area (Å²) in [5.41, 5.74) is 1.05. The molecule has 3 aliphatic rings. The molecule has 2 unspecified atom stereocenters. The number of nitrogens with zero attached hydrogens (tertiary/aromatic N) is 2. The Hall–Kier alpha value is -2.25. The van der Waals surface area contributed by atoms with E-state index in [-0.39, 0.29) is 22.8 Å². The van der Waals surface area contributed by atoms with Crippen molar-refractivity contribution < 1.29 is 19.1 Å². The lowest BCUT2D eigenvalue weighted by Crippen LogP contribution is -2.38. The lowest BCUT2D eigenvalue weighted by atomic mass is 9.74. The van der Waals surface area contributed by atoms with Crippen molar-refractivity contribution in [2.45, 2.75) is 62.9 Å². The number of aliphatic hydroxyl groups is 1. The van der Waals surface area contributed by atoms with E-state index in [0.717, 1.165) is 44.2 Å². The molecule has 5 rings (SSSR count). The van der Waals surface area contributed by atoms with Crippen molar-refractivity contribution in [2.24, 2.45) is 24.8 Å². The Bertz CT molecular complexity index is 1080. The van der Waals surface area contributed by atoms with Crippen LogP contribution in [0.1, 0.15) is 73.5 Å². The van der Waals surface area contributed by atoms with E-state index in [4.69, 9.17) is 11.6 Å². The minimum Gasteiger partial charge on any atom is -0.390 e. The molecule has 1 heterocycles. The van der Waals surface area contributed by atoms with Crippen LogP contribution in [-0.2, 0) is 11.8 Å². The van der Waals surface area contributed by atoms with Crippen molar-refractivity contribution in [1.82, 2.24) is 9.55 Å². The molecule has 1 aromatic heterocycles. The highest BCUT2D eigenvalue weighted by molar-refractivity contribution is 6.31. The van der Waals surface area contributed by atoms with Gasteiger partial charge in [0, 0.05) is 31.5 Å². The molecule has 1 aromatic carbocycles. The number of nitrogens with one attached hydrogen (secondary N) is 1. The van der Waals surface area contributed by atoms with Gasteiger partial charge in [0.2, 0.25) is 0 Å². The molecule has 0 radical (unpaired) electrons. The number of imidazole rings is 1. The second-order valence-corrected chi connectivity index (χ2v) is 10.6. The number of ketones is 1. The highest BCUT2D eigenvalue weighted by atomic mass is 35.5. The Morgan fingerprint density at radius 1 is 1.24 bits per heavy atom. The molecule has 33 heavy (non-hydrogen) atoms. The first-order valence-electron chi connectivity index (χ1n) is 11.7. The fourth-order valence-electron chi connectivity index (χ4n) is 6.52. The molecule has 2 atom stereocenters. The molecule has 0 aliphatic heterocycles. The molecule has 0 saturated heterocycles. The molecule has 6 nitrogen and oxygen atoms in total. The third-order valence-corrected chi connectivity index (χ3v) is 8.41. The van der Waals surface area contributed by atoms with E-state index >= 15 is 0 Å². The SMILES string of the molecule is Cn1cnc(C2CC3CC(O)(C4CCC(=O)CC4)CC3C2)c1C(=O)Nc1ccc(F)c(Cl)c1. The number of carbonyl (C=O) groups is 2. The molecule has 176 valence electrons. The van der Waals surface area contributed by atoms with E-state index in [1.807, 2.05) is 0 Å². The van der Waals surface area contributed by atoms with Crippen LogP contribution < -0.4 is 5.32 Å². The molecule has 2 aromatic rings. The van der Waals surface area contributed by atoms with Crippen molar-refractivity contribution >= 4 is 29.0 Å². The standard InChI is InChI=1S/C25H29ClFN3O3/c1-30-13-28-22(23(30)24(32)29-18-4-7-21(27)20(26)10-18)14-8-15-11-25(33,12-16(15)9-14)17-2-5-19(31)6-3-17/h4,7,10,13-17,33H,2-3,5-6,8-9,11-12H2,1H3,(H,29,32). The third kappa shape index (κ3) is 4.21. The summed E-state index contributed by atoms with van der Waals surface area (Å²) in [6.07, 6.45) is 7.80. The van der Waals surface area contributed by atoms with Gasteiger partial charge < -0.3 is 15.0 Å². The number of hydrogen-bond acceptors (Lipinski definition) is 4. The van der Waals surface area contributed by atoms with Crippen LogP contribution >= 0.6 is 11.6 Å². The van der Waals surface area contributed by atoms with Crippen LogP contribution in [0.5, 0.6) is 0 Å². The average Bonchev–Trinajstić information content (AvgIpc) is 3.42. The molecule has 8 heteroatoms. The van der Waals surface area contributed by atoms with Gasteiger partial charge in [-0.25, -0.2) is 9.37 Å². The van der Waals surface area contributed by atoms with Crippen molar-refractivity contribution in [1.29, 1.82) is 0 Å². The fourth-order valence-corrected chi connectivity index (χ4v) is 6.71. The van der Waals surface area contributed by atoms with Gasteiger partial charge in [0.25, 0.3) is 5.91 Å². The summed E-state index contributed by atoms with van der Waals surface area (Å²) in [4.78, 5) is 29.3. The minimum atomic E-state index is -0.660. The highest BCUT2D eigenvalue weighted by Crippen LogP contribution is 2.57. The van der Waals surface area contributed by atoms with Gasteiger partial charge in [0.15, 0.2) is 0 Å². The van der Waals surface area contributed by atoms with Crippen LogP contribution in [0.4, 0.5) is 10.1 Å². The number of rotatable bonds is 4. The van der Waals surface area contributed by atoms with Crippen LogP contribution in [0.15, 0.2) is 24.5 Å². The zero-order valence-electron chi connectivity index (χ0n) is 18.7. The summed E-state index contributed by atoms with van der Waals surface area (Å²) in [6, 6.07) is 4.10. The third-order valence-electron chi connectivity index (χ3n) is 8.12. The van der Waals surface area contributed by atoms with E-state index in [9.17, 15) is 19.1 Å². The summed E-state index contributed by atoms with van der Waals surface area (Å²) >= 11 is 5.85. The molecular formula is C25H29ClFN3O3. The van der Waals surface area contributed by atoms with Gasteiger partial charge in [-0.05, 0) is 74.5 Å². The Kier molecular flexibility index (Phi) is 5.81. The van der Waals surface area contributed by atoms with Crippen molar-refractivity contribution in [3.8, 4) is 0 Å². The van der Waals surface area contributed by atoms with Gasteiger partial charge in [-0.1, -0.05) is 11.6 Å². The Morgan fingerprint density at radius 2 is 1.91 bits per heavy atom. The first-order valence-corrected chi connectivity index (χ1v) is 12.1. The number of halogens is 2. The molecule has 2 N–H and O–H groups in total. The van der Waals surface area contributed by atoms with Gasteiger partial charge in [0.1, 0.15) is 17.3 Å². The van der Waals surface area contributed by atoms with E-state index in [1.165, 1.54) is 18.2 Å². The quantitative estimate of drug-likeness (QED) is 0.664. The summed E-state index contributed by atoms with van der Waals surface area (Å²) in [5, 5.41) is 14.1. The molecule has 0 spiro atoms. The summed E-state index contributed by atoms with van der Waals surface area (Å²) in [5.74, 6) is 0.686. The highest BCUT2D eigenvalue weighted by Gasteiger charge is 2.53. The maximum absolute atomic E-state index is 13.5. The number of fused-ring (bicyclic) bond motifs is 1. The Labute approximate surface area is 197 Å². The topological polar surface area (TPSA) is 84.2 Å². The largest absolute Gasteiger partial charge is 0.390 e. The number of amides is 1. The number of anilines is 1. The lowest BCUT2D eigenvalue weighted by molar-refractivity contribution is -0.123. The smallest absolute Gasteiger partial charge is 0.274 e. The summed E-state index contributed by atoms with van der Waals surface area (Å²) in [6.45, 7) is 0. The Balaban J connectivity index is 1.28. The van der Waals surface area contributed by atoms with Crippen LogP contribution in [0.2, 0.25) is 5.02 Å². The van der Waals surface area contributed by atoms with Gasteiger partial charge >= 0.3 is 0 Å². The minimum absolute atomic E-state index is 0.0449. The zero-order chi connectivity index (χ0) is 23.3. The maximum atomic E-state index is 13.5. The summed E-state index contributed by atoms with van der Waals surface area (Å²) < 4.78 is 15.2. The van der Waals surface area contributed by atoms with E-state index in [0.29, 0.717) is 41.8 Å². The second-order valence-electron chi connectivity index (χ2n) is 10.2. The molecule has 3 fully saturated rings. The number of carbonyl (C=O) groups excluding carboxylic acids is 2. The van der Waals surface area contributed by atoms with Gasteiger partial charge in [-0.15, -0.1) is 0 Å².